The lowest BCUT2D eigenvalue weighted by Gasteiger charge is -2.20. The van der Waals surface area contributed by atoms with Crippen molar-refractivity contribution in [2.24, 2.45) is 0 Å². The lowest BCUT2D eigenvalue weighted by Crippen LogP contribution is -2.32. The molecule has 0 bridgehead atoms. The summed E-state index contributed by atoms with van der Waals surface area (Å²) >= 11 is 0. The molecule has 0 spiro atoms. The van der Waals surface area contributed by atoms with E-state index in [1.54, 1.807) is 0 Å². The zero-order chi connectivity index (χ0) is 7.40. The lowest BCUT2D eigenvalue weighted by atomic mass is 10.3. The summed E-state index contributed by atoms with van der Waals surface area (Å²) in [5, 5.41) is 17.8. The first-order valence-corrected chi connectivity index (χ1v) is 3.87. The SMILES string of the molecule is OCC[C@H](O)N1CCCC1. The quantitative estimate of drug-likeness (QED) is 0.577. The van der Waals surface area contributed by atoms with Gasteiger partial charge in [0.2, 0.25) is 0 Å². The van der Waals surface area contributed by atoms with Gasteiger partial charge in [0.1, 0.15) is 6.23 Å². The van der Waals surface area contributed by atoms with Gasteiger partial charge in [-0.15, -0.1) is 0 Å². The fraction of sp³-hybridized carbons (Fsp3) is 1.00. The number of aliphatic hydroxyl groups is 2. The molecule has 2 N–H and O–H groups in total. The minimum Gasteiger partial charge on any atom is -0.396 e. The molecule has 0 aromatic heterocycles. The predicted molar refractivity (Wildman–Crippen MR) is 38.5 cm³/mol. The molecule has 1 saturated heterocycles. The number of rotatable bonds is 3. The molecule has 1 rings (SSSR count). The van der Waals surface area contributed by atoms with E-state index in [0.717, 1.165) is 13.1 Å². The van der Waals surface area contributed by atoms with E-state index in [-0.39, 0.29) is 6.61 Å². The van der Waals surface area contributed by atoms with Crippen molar-refractivity contribution >= 4 is 0 Å². The van der Waals surface area contributed by atoms with Crippen LogP contribution in [-0.2, 0) is 0 Å². The highest BCUT2D eigenvalue weighted by Crippen LogP contribution is 2.11. The normalized spacial score (nSPS) is 23.4. The highest BCUT2D eigenvalue weighted by Gasteiger charge is 2.18. The van der Waals surface area contributed by atoms with Crippen LogP contribution in [-0.4, -0.2) is 41.0 Å². The molecule has 3 nitrogen and oxygen atoms in total. The molecule has 1 fully saturated rings. The molecule has 0 saturated carbocycles. The van der Waals surface area contributed by atoms with E-state index < -0.39 is 6.23 Å². The van der Waals surface area contributed by atoms with E-state index in [4.69, 9.17) is 5.11 Å². The fourth-order valence-electron chi connectivity index (χ4n) is 1.34. The molecule has 0 aromatic carbocycles. The summed E-state index contributed by atoms with van der Waals surface area (Å²) in [5.74, 6) is 0. The van der Waals surface area contributed by atoms with Crippen molar-refractivity contribution in [3.05, 3.63) is 0 Å². The molecule has 1 aliphatic rings. The van der Waals surface area contributed by atoms with Crippen LogP contribution in [0, 0.1) is 0 Å². The van der Waals surface area contributed by atoms with E-state index >= 15 is 0 Å². The predicted octanol–water partition coefficient (Wildman–Crippen LogP) is -0.217. The summed E-state index contributed by atoms with van der Waals surface area (Å²) in [6.45, 7) is 2.06. The van der Waals surface area contributed by atoms with Crippen molar-refractivity contribution in [3.8, 4) is 0 Å². The van der Waals surface area contributed by atoms with Gasteiger partial charge in [-0.3, -0.25) is 4.90 Å². The van der Waals surface area contributed by atoms with Gasteiger partial charge in [0.15, 0.2) is 0 Å². The number of hydrogen-bond acceptors (Lipinski definition) is 3. The summed E-state index contributed by atoms with van der Waals surface area (Å²) in [5.41, 5.74) is 0. The third kappa shape index (κ3) is 1.94. The largest absolute Gasteiger partial charge is 0.396 e. The number of aliphatic hydroxyl groups excluding tert-OH is 2. The number of hydrogen-bond donors (Lipinski definition) is 2. The minimum absolute atomic E-state index is 0.0810. The first-order valence-electron chi connectivity index (χ1n) is 3.87. The molecular formula is C7H15NO2. The molecule has 1 atom stereocenters. The van der Waals surface area contributed by atoms with Gasteiger partial charge < -0.3 is 10.2 Å². The number of nitrogens with zero attached hydrogens (tertiary/aromatic N) is 1. The van der Waals surface area contributed by atoms with Crippen molar-refractivity contribution in [1.29, 1.82) is 0 Å². The van der Waals surface area contributed by atoms with E-state index in [1.807, 2.05) is 4.90 Å². The van der Waals surface area contributed by atoms with Gasteiger partial charge in [0.25, 0.3) is 0 Å². The van der Waals surface area contributed by atoms with E-state index in [2.05, 4.69) is 0 Å². The van der Waals surface area contributed by atoms with Crippen LogP contribution in [0.25, 0.3) is 0 Å². The third-order valence-corrected chi connectivity index (χ3v) is 1.95. The van der Waals surface area contributed by atoms with Crippen LogP contribution in [0.5, 0.6) is 0 Å². The van der Waals surface area contributed by atoms with Gasteiger partial charge in [0.05, 0.1) is 0 Å². The second-order valence-electron chi connectivity index (χ2n) is 2.74. The Hall–Kier alpha value is -0.120. The topological polar surface area (TPSA) is 43.7 Å². The minimum atomic E-state index is -0.410. The number of likely N-dealkylation sites (tertiary alicyclic amines) is 1. The van der Waals surface area contributed by atoms with Gasteiger partial charge in [-0.1, -0.05) is 0 Å². The molecule has 1 heterocycles. The van der Waals surface area contributed by atoms with Gasteiger partial charge in [-0.25, -0.2) is 0 Å². The summed E-state index contributed by atoms with van der Waals surface area (Å²) < 4.78 is 0. The molecule has 60 valence electrons. The van der Waals surface area contributed by atoms with Crippen molar-refractivity contribution in [1.82, 2.24) is 4.90 Å². The zero-order valence-electron chi connectivity index (χ0n) is 6.16. The van der Waals surface area contributed by atoms with Crippen molar-refractivity contribution in [2.45, 2.75) is 25.5 Å². The third-order valence-electron chi connectivity index (χ3n) is 1.95. The fourth-order valence-corrected chi connectivity index (χ4v) is 1.34. The first kappa shape index (κ1) is 7.98. The Labute approximate surface area is 61.3 Å². The van der Waals surface area contributed by atoms with Crippen molar-refractivity contribution < 1.29 is 10.2 Å². The summed E-state index contributed by atoms with van der Waals surface area (Å²) in [4.78, 5) is 2.01. The van der Waals surface area contributed by atoms with Gasteiger partial charge >= 0.3 is 0 Å². The highest BCUT2D eigenvalue weighted by atomic mass is 16.3. The molecule has 0 aromatic rings. The maximum absolute atomic E-state index is 9.31. The van der Waals surface area contributed by atoms with E-state index in [1.165, 1.54) is 12.8 Å². The van der Waals surface area contributed by atoms with Gasteiger partial charge in [-0.05, 0) is 12.8 Å². The summed E-state index contributed by atoms with van der Waals surface area (Å²) in [6, 6.07) is 0. The summed E-state index contributed by atoms with van der Waals surface area (Å²) in [6.07, 6.45) is 2.44. The Morgan fingerprint density at radius 2 is 1.90 bits per heavy atom. The van der Waals surface area contributed by atoms with Gasteiger partial charge in [-0.2, -0.15) is 0 Å². The molecule has 10 heavy (non-hydrogen) atoms. The smallest absolute Gasteiger partial charge is 0.109 e. The Morgan fingerprint density at radius 3 is 2.40 bits per heavy atom. The Balaban J connectivity index is 2.18. The van der Waals surface area contributed by atoms with Crippen LogP contribution < -0.4 is 0 Å². The molecule has 0 radical (unpaired) electrons. The van der Waals surface area contributed by atoms with E-state index in [9.17, 15) is 5.11 Å². The second kappa shape index (κ2) is 3.91. The molecule has 1 aliphatic heterocycles. The Bertz CT molecular complexity index is 91.6. The van der Waals surface area contributed by atoms with Gasteiger partial charge in [0, 0.05) is 26.1 Å². The lowest BCUT2D eigenvalue weighted by molar-refractivity contribution is 0.00234. The van der Waals surface area contributed by atoms with Crippen molar-refractivity contribution in [2.75, 3.05) is 19.7 Å². The molecule has 0 amide bonds. The van der Waals surface area contributed by atoms with Crippen LogP contribution in [0.15, 0.2) is 0 Å². The maximum atomic E-state index is 9.31. The van der Waals surface area contributed by atoms with Crippen LogP contribution in [0.3, 0.4) is 0 Å². The molecule has 0 unspecified atom stereocenters. The van der Waals surface area contributed by atoms with Crippen LogP contribution in [0.1, 0.15) is 19.3 Å². The maximum Gasteiger partial charge on any atom is 0.109 e. The first-order chi connectivity index (χ1) is 4.84. The summed E-state index contributed by atoms with van der Waals surface area (Å²) in [7, 11) is 0. The molecular weight excluding hydrogens is 130 g/mol. The van der Waals surface area contributed by atoms with Crippen LogP contribution in [0.4, 0.5) is 0 Å². The van der Waals surface area contributed by atoms with E-state index in [0.29, 0.717) is 6.42 Å². The van der Waals surface area contributed by atoms with Crippen LogP contribution >= 0.6 is 0 Å². The monoisotopic (exact) mass is 145 g/mol. The van der Waals surface area contributed by atoms with Crippen molar-refractivity contribution in [3.63, 3.8) is 0 Å². The Morgan fingerprint density at radius 1 is 1.30 bits per heavy atom. The molecule has 0 aliphatic carbocycles. The zero-order valence-corrected chi connectivity index (χ0v) is 6.16. The Kier molecular flexibility index (Phi) is 3.12. The average molecular weight is 145 g/mol. The molecule has 3 heteroatoms. The van der Waals surface area contributed by atoms with Crippen LogP contribution in [0.2, 0.25) is 0 Å². The second-order valence-corrected chi connectivity index (χ2v) is 2.74. The average Bonchev–Trinajstić information content (AvgIpc) is 2.38. The highest BCUT2D eigenvalue weighted by molar-refractivity contribution is 4.68. The standard InChI is InChI=1S/C7H15NO2/c9-6-3-7(10)8-4-1-2-5-8/h7,9-10H,1-6H2/t7-/m0/s1.